The standard InChI is InChI=1S/C23H42N2O7/c1-14(2)11-18(26)20(28)16(12-15-9-7-6-8-10-15)24-19(27)13-17(21(29)30)25-22(31)32-23(3,4)5/h14-18,20,26,28H,6-13H2,1-5H3,(H,24,27)(H,25,31)(H,29,30)/t16-,17-,18-,20+/m0/s1. The Bertz CT molecular complexity index is 612. The first kappa shape index (κ1) is 28.2. The number of aliphatic carboxylic acids is 1. The van der Waals surface area contributed by atoms with Crippen molar-refractivity contribution in [3.8, 4) is 0 Å². The third-order valence-corrected chi connectivity index (χ3v) is 5.56. The van der Waals surface area contributed by atoms with Crippen molar-refractivity contribution in [2.24, 2.45) is 11.8 Å². The molecule has 1 rings (SSSR count). The fraction of sp³-hybridized carbons (Fsp3) is 0.870. The molecule has 2 amide bonds. The molecular weight excluding hydrogens is 416 g/mol. The van der Waals surface area contributed by atoms with Crippen LogP contribution in [-0.2, 0) is 14.3 Å². The topological polar surface area (TPSA) is 145 Å². The van der Waals surface area contributed by atoms with Gasteiger partial charge in [0.1, 0.15) is 17.7 Å². The van der Waals surface area contributed by atoms with Gasteiger partial charge in [-0.1, -0.05) is 46.0 Å². The summed E-state index contributed by atoms with van der Waals surface area (Å²) in [4.78, 5) is 36.2. The quantitative estimate of drug-likeness (QED) is 0.320. The predicted molar refractivity (Wildman–Crippen MR) is 120 cm³/mol. The van der Waals surface area contributed by atoms with Crippen LogP contribution in [0.25, 0.3) is 0 Å². The summed E-state index contributed by atoms with van der Waals surface area (Å²) in [6.45, 7) is 8.81. The van der Waals surface area contributed by atoms with E-state index in [2.05, 4.69) is 10.6 Å². The van der Waals surface area contributed by atoms with Gasteiger partial charge in [0.05, 0.1) is 18.6 Å². The van der Waals surface area contributed by atoms with E-state index >= 15 is 0 Å². The Labute approximate surface area is 191 Å². The van der Waals surface area contributed by atoms with Crippen LogP contribution < -0.4 is 10.6 Å². The van der Waals surface area contributed by atoms with Crippen molar-refractivity contribution in [2.75, 3.05) is 0 Å². The lowest BCUT2D eigenvalue weighted by molar-refractivity contribution is -0.141. The van der Waals surface area contributed by atoms with E-state index in [0.717, 1.165) is 25.7 Å². The third kappa shape index (κ3) is 11.1. The molecule has 1 aliphatic carbocycles. The molecule has 0 aromatic rings. The summed E-state index contributed by atoms with van der Waals surface area (Å²) >= 11 is 0. The zero-order valence-corrected chi connectivity index (χ0v) is 20.1. The van der Waals surface area contributed by atoms with E-state index in [1.165, 1.54) is 6.42 Å². The SMILES string of the molecule is CC(C)C[C@H](O)[C@H](O)[C@H](CC1CCCCC1)NC(=O)C[C@H](NC(=O)OC(C)(C)C)C(=O)O. The third-order valence-electron chi connectivity index (χ3n) is 5.56. The molecule has 0 heterocycles. The molecule has 0 spiro atoms. The van der Waals surface area contributed by atoms with E-state index in [-0.39, 0.29) is 5.92 Å². The van der Waals surface area contributed by atoms with Crippen LogP contribution in [0.1, 0.15) is 86.0 Å². The summed E-state index contributed by atoms with van der Waals surface area (Å²) in [6, 6.07) is -2.17. The Kier molecular flexibility index (Phi) is 11.4. The van der Waals surface area contributed by atoms with Crippen molar-refractivity contribution in [3.05, 3.63) is 0 Å². The summed E-state index contributed by atoms with van der Waals surface area (Å²) in [5.41, 5.74) is -0.808. The Hall–Kier alpha value is -1.87. The number of hydrogen-bond donors (Lipinski definition) is 5. The van der Waals surface area contributed by atoms with Gasteiger partial charge in [-0.3, -0.25) is 4.79 Å². The van der Waals surface area contributed by atoms with E-state index in [4.69, 9.17) is 4.74 Å². The van der Waals surface area contributed by atoms with E-state index in [0.29, 0.717) is 18.8 Å². The van der Waals surface area contributed by atoms with Gasteiger partial charge in [-0.15, -0.1) is 0 Å². The van der Waals surface area contributed by atoms with Crippen LogP contribution in [0.4, 0.5) is 4.79 Å². The Morgan fingerprint density at radius 1 is 1.03 bits per heavy atom. The number of alkyl carbamates (subject to hydrolysis) is 1. The average Bonchev–Trinajstić information content (AvgIpc) is 2.65. The fourth-order valence-corrected chi connectivity index (χ4v) is 4.06. The van der Waals surface area contributed by atoms with Gasteiger partial charge in [0.15, 0.2) is 0 Å². The Morgan fingerprint density at radius 2 is 1.62 bits per heavy atom. The van der Waals surface area contributed by atoms with Crippen LogP contribution in [0.3, 0.4) is 0 Å². The normalized spacial score (nSPS) is 19.0. The second-order valence-electron chi connectivity index (χ2n) is 10.3. The summed E-state index contributed by atoms with van der Waals surface area (Å²) < 4.78 is 5.07. The molecule has 5 N–H and O–H groups in total. The highest BCUT2D eigenvalue weighted by molar-refractivity contribution is 5.87. The molecule has 32 heavy (non-hydrogen) atoms. The van der Waals surface area contributed by atoms with Gasteiger partial charge in [0, 0.05) is 0 Å². The lowest BCUT2D eigenvalue weighted by Crippen LogP contribution is -2.52. The monoisotopic (exact) mass is 458 g/mol. The minimum absolute atomic E-state index is 0.167. The number of hydrogen-bond acceptors (Lipinski definition) is 6. The Balaban J connectivity index is 2.82. The maximum absolute atomic E-state index is 12.7. The average molecular weight is 459 g/mol. The van der Waals surface area contributed by atoms with Gasteiger partial charge in [0.25, 0.3) is 0 Å². The highest BCUT2D eigenvalue weighted by Gasteiger charge is 2.33. The lowest BCUT2D eigenvalue weighted by Gasteiger charge is -2.33. The minimum atomic E-state index is -1.47. The van der Waals surface area contributed by atoms with Gasteiger partial charge >= 0.3 is 12.1 Å². The predicted octanol–water partition coefficient (Wildman–Crippen LogP) is 2.58. The number of carboxylic acid groups (broad SMARTS) is 1. The number of aliphatic hydroxyl groups is 2. The second kappa shape index (κ2) is 13.0. The number of ether oxygens (including phenoxy) is 1. The zero-order chi connectivity index (χ0) is 24.5. The van der Waals surface area contributed by atoms with Gasteiger partial charge in [0.2, 0.25) is 5.91 Å². The number of carboxylic acids is 1. The number of carbonyl (C=O) groups excluding carboxylic acids is 2. The van der Waals surface area contributed by atoms with Crippen LogP contribution in [-0.4, -0.2) is 63.2 Å². The van der Waals surface area contributed by atoms with Gasteiger partial charge in [-0.05, 0) is 45.4 Å². The summed E-state index contributed by atoms with van der Waals surface area (Å²) in [7, 11) is 0. The molecule has 0 radical (unpaired) electrons. The van der Waals surface area contributed by atoms with Gasteiger partial charge in [-0.2, -0.15) is 0 Å². The first-order valence-corrected chi connectivity index (χ1v) is 11.7. The van der Waals surface area contributed by atoms with Crippen LogP contribution in [0.15, 0.2) is 0 Å². The summed E-state index contributed by atoms with van der Waals surface area (Å²) in [5, 5.41) is 35.5. The largest absolute Gasteiger partial charge is 0.480 e. The van der Waals surface area contributed by atoms with Crippen LogP contribution in [0.2, 0.25) is 0 Å². The van der Waals surface area contributed by atoms with E-state index in [9.17, 15) is 29.7 Å². The maximum Gasteiger partial charge on any atom is 0.408 e. The van der Waals surface area contributed by atoms with Crippen molar-refractivity contribution in [2.45, 2.75) is 116 Å². The molecule has 9 nitrogen and oxygen atoms in total. The molecule has 1 fully saturated rings. The van der Waals surface area contributed by atoms with Crippen molar-refractivity contribution in [1.29, 1.82) is 0 Å². The molecule has 9 heteroatoms. The Morgan fingerprint density at radius 3 is 2.12 bits per heavy atom. The highest BCUT2D eigenvalue weighted by atomic mass is 16.6. The zero-order valence-electron chi connectivity index (χ0n) is 20.1. The molecule has 0 bridgehead atoms. The molecule has 0 aliphatic heterocycles. The molecule has 1 saturated carbocycles. The molecule has 0 aromatic carbocycles. The second-order valence-corrected chi connectivity index (χ2v) is 10.3. The molecule has 0 unspecified atom stereocenters. The highest BCUT2D eigenvalue weighted by Crippen LogP contribution is 2.29. The number of aliphatic hydroxyl groups excluding tert-OH is 2. The van der Waals surface area contributed by atoms with Crippen LogP contribution in [0.5, 0.6) is 0 Å². The minimum Gasteiger partial charge on any atom is -0.480 e. The van der Waals surface area contributed by atoms with Crippen molar-refractivity contribution >= 4 is 18.0 Å². The van der Waals surface area contributed by atoms with E-state index in [1.807, 2.05) is 13.8 Å². The van der Waals surface area contributed by atoms with Crippen molar-refractivity contribution < 1.29 is 34.4 Å². The molecule has 0 aromatic heterocycles. The van der Waals surface area contributed by atoms with Gasteiger partial charge in [-0.25, -0.2) is 9.59 Å². The molecule has 4 atom stereocenters. The van der Waals surface area contributed by atoms with Gasteiger partial charge < -0.3 is 30.7 Å². The maximum atomic E-state index is 12.7. The van der Waals surface area contributed by atoms with Crippen LogP contribution in [0, 0.1) is 11.8 Å². The van der Waals surface area contributed by atoms with Crippen molar-refractivity contribution in [3.63, 3.8) is 0 Å². The number of amides is 2. The van der Waals surface area contributed by atoms with E-state index in [1.54, 1.807) is 20.8 Å². The number of rotatable bonds is 11. The summed E-state index contributed by atoms with van der Waals surface area (Å²) in [5.74, 6) is -1.49. The van der Waals surface area contributed by atoms with Crippen molar-refractivity contribution in [1.82, 2.24) is 10.6 Å². The lowest BCUT2D eigenvalue weighted by atomic mass is 9.82. The fourth-order valence-electron chi connectivity index (χ4n) is 4.06. The molecular formula is C23H42N2O7. The smallest absolute Gasteiger partial charge is 0.408 e. The van der Waals surface area contributed by atoms with Crippen LogP contribution >= 0.6 is 0 Å². The number of carbonyl (C=O) groups is 3. The number of nitrogens with one attached hydrogen (secondary N) is 2. The molecule has 0 saturated heterocycles. The first-order valence-electron chi connectivity index (χ1n) is 11.7. The molecule has 1 aliphatic rings. The summed E-state index contributed by atoms with van der Waals surface area (Å²) in [6.07, 6.45) is 2.65. The first-order chi connectivity index (χ1) is 14.8. The molecule has 186 valence electrons. The van der Waals surface area contributed by atoms with E-state index < -0.39 is 54.3 Å².